The number of hydrazone groups is 1. The zero-order valence-electron chi connectivity index (χ0n) is 13.2. The van der Waals surface area contributed by atoms with Crippen molar-refractivity contribution in [2.45, 2.75) is 26.2 Å². The molecule has 0 aromatic heterocycles. The van der Waals surface area contributed by atoms with Gasteiger partial charge in [0.1, 0.15) is 5.71 Å². The first kappa shape index (κ1) is 15.7. The molecule has 1 atom stereocenters. The minimum atomic E-state index is -0.193. The zero-order chi connectivity index (χ0) is 16.2. The van der Waals surface area contributed by atoms with Gasteiger partial charge in [-0.15, -0.1) is 0 Å². The minimum absolute atomic E-state index is 0.0867. The van der Waals surface area contributed by atoms with E-state index in [1.807, 2.05) is 31.2 Å². The van der Waals surface area contributed by atoms with Crippen molar-refractivity contribution in [3.8, 4) is 0 Å². The molecule has 6 nitrogen and oxygen atoms in total. The fourth-order valence-corrected chi connectivity index (χ4v) is 2.76. The van der Waals surface area contributed by atoms with Gasteiger partial charge in [-0.3, -0.25) is 9.59 Å². The fraction of sp³-hybridized carbons (Fsp3) is 0.471. The van der Waals surface area contributed by atoms with E-state index in [0.717, 1.165) is 18.6 Å². The summed E-state index contributed by atoms with van der Waals surface area (Å²) in [6.45, 7) is 4.01. The Kier molecular flexibility index (Phi) is 4.71. The van der Waals surface area contributed by atoms with Crippen molar-refractivity contribution < 1.29 is 14.3 Å². The van der Waals surface area contributed by atoms with Crippen LogP contribution in [0.15, 0.2) is 29.4 Å². The zero-order valence-corrected chi connectivity index (χ0v) is 13.2. The lowest BCUT2D eigenvalue weighted by molar-refractivity contribution is -0.119. The smallest absolute Gasteiger partial charge is 0.267 e. The van der Waals surface area contributed by atoms with Gasteiger partial charge in [-0.05, 0) is 31.0 Å². The van der Waals surface area contributed by atoms with Crippen molar-refractivity contribution in [3.05, 3.63) is 29.8 Å². The Bertz CT molecular complexity index is 636. The number of carbonyl (C=O) groups excluding carboxylic acids is 2. The van der Waals surface area contributed by atoms with E-state index in [1.165, 1.54) is 5.01 Å². The molecule has 1 aromatic carbocycles. The van der Waals surface area contributed by atoms with E-state index in [0.29, 0.717) is 43.3 Å². The molecule has 6 heteroatoms. The highest BCUT2D eigenvalue weighted by molar-refractivity contribution is 6.40. The summed E-state index contributed by atoms with van der Waals surface area (Å²) in [6, 6.07) is 7.55. The Morgan fingerprint density at radius 3 is 3.04 bits per heavy atom. The van der Waals surface area contributed by atoms with Gasteiger partial charge < -0.3 is 10.1 Å². The Labute approximate surface area is 135 Å². The molecule has 0 saturated carbocycles. The van der Waals surface area contributed by atoms with E-state index in [4.69, 9.17) is 4.74 Å². The number of carbonyl (C=O) groups is 2. The second-order valence-corrected chi connectivity index (χ2v) is 6.03. The molecule has 0 spiro atoms. The Hall–Kier alpha value is -2.21. The summed E-state index contributed by atoms with van der Waals surface area (Å²) in [7, 11) is 0. The van der Waals surface area contributed by atoms with E-state index in [-0.39, 0.29) is 11.8 Å². The van der Waals surface area contributed by atoms with Crippen molar-refractivity contribution in [1.29, 1.82) is 0 Å². The SMILES string of the molecule is Cc1cccc(N2N=C(C(=O)NC[C@H]3CCOC3)CCC2=O)c1. The largest absolute Gasteiger partial charge is 0.381 e. The number of aryl methyl sites for hydroxylation is 1. The first-order valence-corrected chi connectivity index (χ1v) is 7.96. The van der Waals surface area contributed by atoms with E-state index < -0.39 is 0 Å². The Morgan fingerprint density at radius 1 is 1.43 bits per heavy atom. The van der Waals surface area contributed by atoms with Crippen LogP contribution in [0.25, 0.3) is 0 Å². The number of ether oxygens (including phenoxy) is 1. The van der Waals surface area contributed by atoms with Crippen LogP contribution in [-0.4, -0.2) is 37.3 Å². The third-order valence-electron chi connectivity index (χ3n) is 4.12. The summed E-state index contributed by atoms with van der Waals surface area (Å²) in [5.41, 5.74) is 2.15. The lowest BCUT2D eigenvalue weighted by atomic mass is 10.1. The van der Waals surface area contributed by atoms with Crippen LogP contribution >= 0.6 is 0 Å². The second kappa shape index (κ2) is 6.91. The number of hydrogen-bond donors (Lipinski definition) is 1. The van der Waals surface area contributed by atoms with Gasteiger partial charge in [0.15, 0.2) is 0 Å². The average molecular weight is 315 g/mol. The number of amides is 2. The van der Waals surface area contributed by atoms with Crippen molar-refractivity contribution in [2.24, 2.45) is 11.0 Å². The first-order chi connectivity index (χ1) is 11.1. The van der Waals surface area contributed by atoms with Crippen LogP contribution in [-0.2, 0) is 14.3 Å². The summed E-state index contributed by atoms with van der Waals surface area (Å²) >= 11 is 0. The number of anilines is 1. The van der Waals surface area contributed by atoms with Crippen LogP contribution in [0, 0.1) is 12.8 Å². The van der Waals surface area contributed by atoms with Crippen molar-refractivity contribution in [1.82, 2.24) is 5.32 Å². The maximum Gasteiger partial charge on any atom is 0.267 e. The van der Waals surface area contributed by atoms with Crippen molar-refractivity contribution >= 4 is 23.2 Å². The highest BCUT2D eigenvalue weighted by atomic mass is 16.5. The number of nitrogens with zero attached hydrogens (tertiary/aromatic N) is 2. The minimum Gasteiger partial charge on any atom is -0.381 e. The van der Waals surface area contributed by atoms with Gasteiger partial charge in [0.25, 0.3) is 5.91 Å². The highest BCUT2D eigenvalue weighted by Crippen LogP contribution is 2.21. The molecular formula is C17H21N3O3. The molecule has 122 valence electrons. The normalized spacial score (nSPS) is 21.3. The predicted octanol–water partition coefficient (Wildman–Crippen LogP) is 1.63. The van der Waals surface area contributed by atoms with Crippen molar-refractivity contribution in [2.75, 3.05) is 24.8 Å². The molecule has 1 fully saturated rings. The number of nitrogens with one attached hydrogen (secondary N) is 1. The Balaban J connectivity index is 1.70. The number of rotatable bonds is 4. The van der Waals surface area contributed by atoms with Gasteiger partial charge in [0, 0.05) is 31.9 Å². The van der Waals surface area contributed by atoms with E-state index in [9.17, 15) is 9.59 Å². The van der Waals surface area contributed by atoms with Crippen LogP contribution in [0.1, 0.15) is 24.8 Å². The maximum absolute atomic E-state index is 12.3. The fourth-order valence-electron chi connectivity index (χ4n) is 2.76. The monoisotopic (exact) mass is 315 g/mol. The van der Waals surface area contributed by atoms with Gasteiger partial charge in [0.2, 0.25) is 5.91 Å². The second-order valence-electron chi connectivity index (χ2n) is 6.03. The summed E-state index contributed by atoms with van der Waals surface area (Å²) in [6.07, 6.45) is 1.65. The van der Waals surface area contributed by atoms with Crippen LogP contribution in [0.4, 0.5) is 5.69 Å². The molecule has 2 aliphatic rings. The Morgan fingerprint density at radius 2 is 2.30 bits per heavy atom. The molecule has 0 aliphatic carbocycles. The summed E-state index contributed by atoms with van der Waals surface area (Å²) in [4.78, 5) is 24.4. The molecule has 1 aromatic rings. The molecule has 2 aliphatic heterocycles. The molecule has 0 unspecified atom stereocenters. The standard InChI is InChI=1S/C17H21N3O3/c1-12-3-2-4-14(9-12)20-16(21)6-5-15(19-20)17(22)18-10-13-7-8-23-11-13/h2-4,9,13H,5-8,10-11H2,1H3,(H,18,22)/t13-/m1/s1. The number of benzene rings is 1. The van der Waals surface area contributed by atoms with Crippen LogP contribution in [0.3, 0.4) is 0 Å². The lowest BCUT2D eigenvalue weighted by Gasteiger charge is -2.23. The third-order valence-corrected chi connectivity index (χ3v) is 4.12. The van der Waals surface area contributed by atoms with Crippen molar-refractivity contribution in [3.63, 3.8) is 0 Å². The molecule has 3 rings (SSSR count). The van der Waals surface area contributed by atoms with E-state index in [1.54, 1.807) is 0 Å². The predicted molar refractivity (Wildman–Crippen MR) is 87.3 cm³/mol. The van der Waals surface area contributed by atoms with Gasteiger partial charge in [-0.2, -0.15) is 5.10 Å². The molecule has 1 N–H and O–H groups in total. The van der Waals surface area contributed by atoms with Gasteiger partial charge in [0.05, 0.1) is 12.3 Å². The third kappa shape index (κ3) is 3.76. The molecular weight excluding hydrogens is 294 g/mol. The topological polar surface area (TPSA) is 71.0 Å². The van der Waals surface area contributed by atoms with E-state index >= 15 is 0 Å². The van der Waals surface area contributed by atoms with Crippen LogP contribution < -0.4 is 10.3 Å². The summed E-state index contributed by atoms with van der Waals surface area (Å²) < 4.78 is 5.30. The maximum atomic E-state index is 12.3. The van der Waals surface area contributed by atoms with Crippen LogP contribution in [0.2, 0.25) is 0 Å². The molecule has 2 heterocycles. The van der Waals surface area contributed by atoms with Gasteiger partial charge in [-0.1, -0.05) is 12.1 Å². The molecule has 0 radical (unpaired) electrons. The van der Waals surface area contributed by atoms with Gasteiger partial charge >= 0.3 is 0 Å². The summed E-state index contributed by atoms with van der Waals surface area (Å²) in [5.74, 6) is 0.0936. The lowest BCUT2D eigenvalue weighted by Crippen LogP contribution is -2.40. The molecule has 1 saturated heterocycles. The highest BCUT2D eigenvalue weighted by Gasteiger charge is 2.26. The van der Waals surface area contributed by atoms with Gasteiger partial charge in [-0.25, -0.2) is 5.01 Å². The molecule has 23 heavy (non-hydrogen) atoms. The summed E-state index contributed by atoms with van der Waals surface area (Å²) in [5, 5.41) is 8.52. The quantitative estimate of drug-likeness (QED) is 0.918. The van der Waals surface area contributed by atoms with Crippen LogP contribution in [0.5, 0.6) is 0 Å². The molecule has 0 bridgehead atoms. The van der Waals surface area contributed by atoms with E-state index in [2.05, 4.69) is 10.4 Å². The average Bonchev–Trinajstić information content (AvgIpc) is 3.06. The molecule has 2 amide bonds. The first-order valence-electron chi connectivity index (χ1n) is 7.96. The number of hydrogen-bond acceptors (Lipinski definition) is 4.